The first-order valence-electron chi connectivity index (χ1n) is 8.81. The van der Waals surface area contributed by atoms with Gasteiger partial charge >= 0.3 is 0 Å². The van der Waals surface area contributed by atoms with Crippen LogP contribution < -0.4 is 14.8 Å². The van der Waals surface area contributed by atoms with Gasteiger partial charge in [-0.1, -0.05) is 26.0 Å². The molecule has 0 fully saturated rings. The summed E-state index contributed by atoms with van der Waals surface area (Å²) in [6.07, 6.45) is 0.145. The number of hydrogen-bond donors (Lipinski definition) is 1. The Morgan fingerprint density at radius 3 is 2.35 bits per heavy atom. The zero-order chi connectivity index (χ0) is 19.1. The van der Waals surface area contributed by atoms with Crippen LogP contribution in [0.4, 0.5) is 0 Å². The van der Waals surface area contributed by atoms with Gasteiger partial charge in [0.05, 0.1) is 17.2 Å². The summed E-state index contributed by atoms with van der Waals surface area (Å²) >= 11 is 3.47. The Kier molecular flexibility index (Phi) is 7.51. The van der Waals surface area contributed by atoms with Crippen molar-refractivity contribution in [3.63, 3.8) is 0 Å². The van der Waals surface area contributed by atoms with Crippen LogP contribution in [0, 0.1) is 5.92 Å². The molecular weight excluding hydrogens is 394 g/mol. The zero-order valence-electron chi connectivity index (χ0n) is 15.7. The fraction of sp³-hybridized carbons (Fsp3) is 0.381. The number of nitrogens with one attached hydrogen (secondary N) is 1. The molecule has 0 radical (unpaired) electrons. The molecule has 0 atom stereocenters. The molecule has 140 valence electrons. The van der Waals surface area contributed by atoms with E-state index >= 15 is 0 Å². The monoisotopic (exact) mass is 419 g/mol. The van der Waals surface area contributed by atoms with Crippen molar-refractivity contribution in [1.29, 1.82) is 0 Å². The van der Waals surface area contributed by atoms with Crippen LogP contribution >= 0.6 is 15.9 Å². The standard InChI is InChI=1S/C21H26BrNO3/c1-14(2)13-25-20-10-7-17(11-19(20)22)21(24)23-12-16-5-8-18(9-6-16)26-15(3)4/h5-11,14-15H,12-13H2,1-4H3,(H,23,24). The van der Waals surface area contributed by atoms with Gasteiger partial charge in [0.25, 0.3) is 5.91 Å². The maximum Gasteiger partial charge on any atom is 0.251 e. The number of benzene rings is 2. The third kappa shape index (κ3) is 6.37. The summed E-state index contributed by atoms with van der Waals surface area (Å²) < 4.78 is 12.1. The van der Waals surface area contributed by atoms with Crippen molar-refractivity contribution < 1.29 is 14.3 Å². The van der Waals surface area contributed by atoms with Gasteiger partial charge in [0, 0.05) is 12.1 Å². The van der Waals surface area contributed by atoms with E-state index in [1.54, 1.807) is 12.1 Å². The van der Waals surface area contributed by atoms with Crippen molar-refractivity contribution in [2.75, 3.05) is 6.61 Å². The summed E-state index contributed by atoms with van der Waals surface area (Å²) in [5.41, 5.74) is 1.61. The second-order valence-corrected chi connectivity index (χ2v) is 7.70. The fourth-order valence-corrected chi connectivity index (χ4v) is 2.75. The topological polar surface area (TPSA) is 47.6 Å². The molecule has 0 aliphatic rings. The molecule has 26 heavy (non-hydrogen) atoms. The van der Waals surface area contributed by atoms with Gasteiger partial charge in [-0.25, -0.2) is 0 Å². The van der Waals surface area contributed by atoms with Gasteiger partial charge in [-0.2, -0.15) is 0 Å². The largest absolute Gasteiger partial charge is 0.492 e. The molecule has 0 unspecified atom stereocenters. The second-order valence-electron chi connectivity index (χ2n) is 6.84. The highest BCUT2D eigenvalue weighted by atomic mass is 79.9. The van der Waals surface area contributed by atoms with Crippen LogP contribution in [0.3, 0.4) is 0 Å². The SMILES string of the molecule is CC(C)COc1ccc(C(=O)NCc2ccc(OC(C)C)cc2)cc1Br. The number of amides is 1. The minimum atomic E-state index is -0.122. The molecule has 5 heteroatoms. The van der Waals surface area contributed by atoms with Crippen molar-refractivity contribution in [1.82, 2.24) is 5.32 Å². The van der Waals surface area contributed by atoms with Crippen LogP contribution in [0.1, 0.15) is 43.6 Å². The predicted octanol–water partition coefficient (Wildman–Crippen LogP) is 5.20. The molecule has 2 aromatic rings. The summed E-state index contributed by atoms with van der Waals surface area (Å²) in [5.74, 6) is 1.90. The van der Waals surface area contributed by atoms with E-state index in [1.165, 1.54) is 0 Å². The number of halogens is 1. The normalized spacial score (nSPS) is 10.9. The van der Waals surface area contributed by atoms with E-state index in [0.717, 1.165) is 21.5 Å². The number of carbonyl (C=O) groups excluding carboxylic acids is 1. The Labute approximate surface area is 164 Å². The zero-order valence-corrected chi connectivity index (χ0v) is 17.3. The van der Waals surface area contributed by atoms with Gasteiger partial charge in [0.2, 0.25) is 0 Å². The van der Waals surface area contributed by atoms with Crippen molar-refractivity contribution >= 4 is 21.8 Å². The third-order valence-corrected chi connectivity index (χ3v) is 4.13. The maximum absolute atomic E-state index is 12.4. The molecule has 0 aliphatic carbocycles. The summed E-state index contributed by atoms with van der Waals surface area (Å²) in [5, 5.41) is 2.93. The van der Waals surface area contributed by atoms with Crippen molar-refractivity contribution in [2.24, 2.45) is 5.92 Å². The molecule has 0 spiro atoms. The smallest absolute Gasteiger partial charge is 0.251 e. The molecular formula is C21H26BrNO3. The highest BCUT2D eigenvalue weighted by molar-refractivity contribution is 9.10. The Morgan fingerprint density at radius 1 is 1.08 bits per heavy atom. The van der Waals surface area contributed by atoms with Gasteiger partial charge in [0.15, 0.2) is 0 Å². The van der Waals surface area contributed by atoms with Gasteiger partial charge in [-0.05, 0) is 71.6 Å². The average molecular weight is 420 g/mol. The molecule has 0 saturated heterocycles. The van der Waals surface area contributed by atoms with Crippen molar-refractivity contribution in [3.8, 4) is 11.5 Å². The predicted molar refractivity (Wildman–Crippen MR) is 108 cm³/mol. The average Bonchev–Trinajstić information content (AvgIpc) is 2.59. The molecule has 1 amide bonds. The summed E-state index contributed by atoms with van der Waals surface area (Å²) in [7, 11) is 0. The Bertz CT molecular complexity index is 727. The van der Waals surface area contributed by atoms with E-state index in [9.17, 15) is 4.79 Å². The number of ether oxygens (including phenoxy) is 2. The molecule has 2 aromatic carbocycles. The summed E-state index contributed by atoms with van der Waals surface area (Å²) in [4.78, 5) is 12.4. The van der Waals surface area contributed by atoms with Gasteiger partial charge in [-0.15, -0.1) is 0 Å². The molecule has 1 N–H and O–H groups in total. The first kappa shape index (κ1) is 20.3. The number of carbonyl (C=O) groups is 1. The van der Waals surface area contributed by atoms with Crippen molar-refractivity contribution in [2.45, 2.75) is 40.3 Å². The maximum atomic E-state index is 12.4. The lowest BCUT2D eigenvalue weighted by atomic mass is 10.2. The van der Waals surface area contributed by atoms with Gasteiger partial charge in [0.1, 0.15) is 11.5 Å². The Balaban J connectivity index is 1.92. The van der Waals surface area contributed by atoms with E-state index in [4.69, 9.17) is 9.47 Å². The molecule has 0 bridgehead atoms. The second kappa shape index (κ2) is 9.62. The lowest BCUT2D eigenvalue weighted by Crippen LogP contribution is -2.22. The minimum Gasteiger partial charge on any atom is -0.492 e. The minimum absolute atomic E-state index is 0.122. The lowest BCUT2D eigenvalue weighted by molar-refractivity contribution is 0.0951. The van der Waals surface area contributed by atoms with Crippen LogP contribution in [0.25, 0.3) is 0 Å². The van der Waals surface area contributed by atoms with E-state index in [0.29, 0.717) is 24.6 Å². The van der Waals surface area contributed by atoms with E-state index in [1.807, 2.05) is 44.2 Å². The number of hydrogen-bond acceptors (Lipinski definition) is 3. The van der Waals surface area contributed by atoms with E-state index < -0.39 is 0 Å². The molecule has 0 aromatic heterocycles. The fourth-order valence-electron chi connectivity index (χ4n) is 2.26. The van der Waals surface area contributed by atoms with E-state index in [-0.39, 0.29) is 12.0 Å². The van der Waals surface area contributed by atoms with Crippen LogP contribution in [0.2, 0.25) is 0 Å². The lowest BCUT2D eigenvalue weighted by Gasteiger charge is -2.12. The van der Waals surface area contributed by atoms with Crippen LogP contribution in [-0.4, -0.2) is 18.6 Å². The highest BCUT2D eigenvalue weighted by Gasteiger charge is 2.10. The first-order valence-corrected chi connectivity index (χ1v) is 9.60. The first-order chi connectivity index (χ1) is 12.3. The highest BCUT2D eigenvalue weighted by Crippen LogP contribution is 2.26. The van der Waals surface area contributed by atoms with E-state index in [2.05, 4.69) is 35.1 Å². The molecule has 2 rings (SSSR count). The van der Waals surface area contributed by atoms with Crippen LogP contribution in [-0.2, 0) is 6.54 Å². The molecule has 0 saturated carbocycles. The Morgan fingerprint density at radius 2 is 1.77 bits per heavy atom. The van der Waals surface area contributed by atoms with Crippen molar-refractivity contribution in [3.05, 3.63) is 58.1 Å². The van der Waals surface area contributed by atoms with Gasteiger partial charge < -0.3 is 14.8 Å². The Hall–Kier alpha value is -2.01. The summed E-state index contributed by atoms with van der Waals surface area (Å²) in [6, 6.07) is 13.1. The molecule has 0 aliphatic heterocycles. The van der Waals surface area contributed by atoms with Crippen LogP contribution in [0.5, 0.6) is 11.5 Å². The van der Waals surface area contributed by atoms with Gasteiger partial charge in [-0.3, -0.25) is 4.79 Å². The molecule has 4 nitrogen and oxygen atoms in total. The number of rotatable bonds is 8. The molecule has 0 heterocycles. The summed E-state index contributed by atoms with van der Waals surface area (Å²) in [6.45, 7) is 9.27. The third-order valence-electron chi connectivity index (χ3n) is 3.51. The quantitative estimate of drug-likeness (QED) is 0.639. The van der Waals surface area contributed by atoms with Crippen LogP contribution in [0.15, 0.2) is 46.9 Å².